The van der Waals surface area contributed by atoms with Crippen LogP contribution in [0.25, 0.3) is 0 Å². The first-order valence-electron chi connectivity index (χ1n) is 26.5. The fraction of sp³-hybridized carbons (Fsp3) is 0.754. The van der Waals surface area contributed by atoms with Gasteiger partial charge in [-0.2, -0.15) is 0 Å². The highest BCUT2D eigenvalue weighted by Crippen LogP contribution is 2.14. The van der Waals surface area contributed by atoms with E-state index in [2.05, 4.69) is 93.7 Å². The standard InChI is InChI=1S/C57H100O5/c1-4-7-10-13-16-19-22-25-26-27-28-29-30-31-34-37-40-43-46-49-52-60-53-55(62-57(59)51-48-45-42-39-36-33-24-21-18-15-12-9-6-3)54-61-56(58)50-47-44-41-38-35-32-23-20-17-14-11-8-5-2/h7,10,16,19-21,23-26,28-29,55H,4-6,8-9,11-15,17-18,22,27,30-54H2,1-3H3/b10-7-,19-16-,23-20-,24-21-,26-25-,29-28-. The van der Waals surface area contributed by atoms with Crippen LogP contribution in [0.5, 0.6) is 0 Å². The molecule has 1 unspecified atom stereocenters. The summed E-state index contributed by atoms with van der Waals surface area (Å²) in [6.45, 7) is 7.66. The molecule has 0 N–H and O–H groups in total. The van der Waals surface area contributed by atoms with Crippen molar-refractivity contribution in [3.05, 3.63) is 72.9 Å². The van der Waals surface area contributed by atoms with Gasteiger partial charge in [0.05, 0.1) is 6.61 Å². The summed E-state index contributed by atoms with van der Waals surface area (Å²) < 4.78 is 17.4. The monoisotopic (exact) mass is 865 g/mol. The Kier molecular flexibility index (Phi) is 50.4. The Bertz CT molecular complexity index is 1110. The molecule has 0 aliphatic carbocycles. The van der Waals surface area contributed by atoms with Crippen LogP contribution in [0.4, 0.5) is 0 Å². The highest BCUT2D eigenvalue weighted by atomic mass is 16.6. The van der Waals surface area contributed by atoms with E-state index in [0.717, 1.165) is 89.9 Å². The number of ether oxygens (including phenoxy) is 3. The molecule has 0 radical (unpaired) electrons. The average molecular weight is 865 g/mol. The van der Waals surface area contributed by atoms with Crippen LogP contribution in [0.3, 0.4) is 0 Å². The number of hydrogen-bond acceptors (Lipinski definition) is 5. The van der Waals surface area contributed by atoms with E-state index in [1.807, 2.05) is 0 Å². The quantitative estimate of drug-likeness (QED) is 0.0346. The summed E-state index contributed by atoms with van der Waals surface area (Å²) in [6, 6.07) is 0. The van der Waals surface area contributed by atoms with Crippen LogP contribution in [-0.2, 0) is 23.8 Å². The lowest BCUT2D eigenvalue weighted by Gasteiger charge is -2.18. The second-order valence-electron chi connectivity index (χ2n) is 17.4. The zero-order chi connectivity index (χ0) is 44.9. The SMILES string of the molecule is CC/C=C\C/C=C\C/C=C\C/C=C\CCCCCCCCCOCC(COC(=O)CCCCCCC/C=C\CCCCCC)OC(=O)CCCCCCC/C=C\CCCCCC. The summed E-state index contributed by atoms with van der Waals surface area (Å²) in [5.41, 5.74) is 0. The highest BCUT2D eigenvalue weighted by Gasteiger charge is 2.17. The number of carbonyl (C=O) groups is 2. The molecule has 0 aromatic carbocycles. The normalized spacial score (nSPS) is 12.8. The number of allylic oxidation sites excluding steroid dienone is 12. The molecule has 1 atom stereocenters. The molecule has 62 heavy (non-hydrogen) atoms. The molecule has 0 aliphatic heterocycles. The van der Waals surface area contributed by atoms with E-state index < -0.39 is 6.10 Å². The van der Waals surface area contributed by atoms with Gasteiger partial charge in [-0.05, 0) is 109 Å². The highest BCUT2D eigenvalue weighted by molar-refractivity contribution is 5.70. The van der Waals surface area contributed by atoms with Crippen molar-refractivity contribution in [2.45, 2.75) is 258 Å². The molecule has 0 saturated heterocycles. The number of unbranched alkanes of at least 4 members (excludes halogenated alkanes) is 25. The summed E-state index contributed by atoms with van der Waals surface area (Å²) in [6.07, 6.45) is 67.7. The average Bonchev–Trinajstić information content (AvgIpc) is 3.27. The molecule has 0 bridgehead atoms. The van der Waals surface area contributed by atoms with E-state index in [0.29, 0.717) is 19.4 Å². The van der Waals surface area contributed by atoms with Gasteiger partial charge in [-0.15, -0.1) is 0 Å². The van der Waals surface area contributed by atoms with Crippen LogP contribution in [-0.4, -0.2) is 37.9 Å². The van der Waals surface area contributed by atoms with Gasteiger partial charge < -0.3 is 14.2 Å². The van der Waals surface area contributed by atoms with Crippen molar-refractivity contribution in [1.29, 1.82) is 0 Å². The van der Waals surface area contributed by atoms with Gasteiger partial charge >= 0.3 is 11.9 Å². The van der Waals surface area contributed by atoms with E-state index in [4.69, 9.17) is 14.2 Å². The molecule has 5 heteroatoms. The molecule has 0 saturated carbocycles. The van der Waals surface area contributed by atoms with Crippen LogP contribution < -0.4 is 0 Å². The minimum absolute atomic E-state index is 0.0718. The molecule has 0 fully saturated rings. The molecule has 0 aromatic heterocycles. The second kappa shape index (κ2) is 52.7. The topological polar surface area (TPSA) is 61.8 Å². The van der Waals surface area contributed by atoms with Crippen molar-refractivity contribution in [1.82, 2.24) is 0 Å². The van der Waals surface area contributed by atoms with Crippen LogP contribution in [0.2, 0.25) is 0 Å². The third kappa shape index (κ3) is 50.0. The van der Waals surface area contributed by atoms with Crippen molar-refractivity contribution >= 4 is 11.9 Å². The predicted octanol–water partition coefficient (Wildman–Crippen LogP) is 17.9. The third-order valence-electron chi connectivity index (χ3n) is 11.2. The second-order valence-corrected chi connectivity index (χ2v) is 17.4. The maximum atomic E-state index is 12.8. The fourth-order valence-electron chi connectivity index (χ4n) is 7.25. The summed E-state index contributed by atoms with van der Waals surface area (Å²) in [5, 5.41) is 0. The summed E-state index contributed by atoms with van der Waals surface area (Å²) in [7, 11) is 0. The summed E-state index contributed by atoms with van der Waals surface area (Å²) in [5.74, 6) is -0.421. The Hall–Kier alpha value is -2.66. The molecule has 5 nitrogen and oxygen atoms in total. The van der Waals surface area contributed by atoms with E-state index >= 15 is 0 Å². The number of rotatable bonds is 48. The maximum absolute atomic E-state index is 12.8. The van der Waals surface area contributed by atoms with Crippen molar-refractivity contribution < 1.29 is 23.8 Å². The number of carbonyl (C=O) groups excluding carboxylic acids is 2. The fourth-order valence-corrected chi connectivity index (χ4v) is 7.25. The lowest BCUT2D eigenvalue weighted by Crippen LogP contribution is -2.30. The predicted molar refractivity (Wildman–Crippen MR) is 270 cm³/mol. The van der Waals surface area contributed by atoms with Crippen LogP contribution in [0.15, 0.2) is 72.9 Å². The molecule has 0 aromatic rings. The van der Waals surface area contributed by atoms with Crippen molar-refractivity contribution in [2.75, 3.05) is 19.8 Å². The molecule has 0 amide bonds. The van der Waals surface area contributed by atoms with Gasteiger partial charge in [-0.1, -0.05) is 203 Å². The molecular weight excluding hydrogens is 765 g/mol. The molecule has 0 spiro atoms. The Morgan fingerprint density at radius 1 is 0.371 bits per heavy atom. The lowest BCUT2D eigenvalue weighted by molar-refractivity contribution is -0.163. The zero-order valence-electron chi connectivity index (χ0n) is 41.1. The van der Waals surface area contributed by atoms with Gasteiger partial charge in [0.15, 0.2) is 6.10 Å². The Morgan fingerprint density at radius 2 is 0.726 bits per heavy atom. The van der Waals surface area contributed by atoms with Crippen molar-refractivity contribution in [2.24, 2.45) is 0 Å². The van der Waals surface area contributed by atoms with Crippen molar-refractivity contribution in [3.8, 4) is 0 Å². The lowest BCUT2D eigenvalue weighted by atomic mass is 10.1. The molecule has 0 aliphatic rings. The van der Waals surface area contributed by atoms with Crippen LogP contribution >= 0.6 is 0 Å². The molecule has 358 valence electrons. The van der Waals surface area contributed by atoms with E-state index in [-0.39, 0.29) is 25.2 Å². The first kappa shape index (κ1) is 59.3. The van der Waals surface area contributed by atoms with Gasteiger partial charge in [0.2, 0.25) is 0 Å². The smallest absolute Gasteiger partial charge is 0.306 e. The zero-order valence-corrected chi connectivity index (χ0v) is 41.1. The molecule has 0 rings (SSSR count). The first-order chi connectivity index (χ1) is 30.6. The van der Waals surface area contributed by atoms with E-state index in [1.54, 1.807) is 0 Å². The van der Waals surface area contributed by atoms with Crippen LogP contribution in [0, 0.1) is 0 Å². The van der Waals surface area contributed by atoms with E-state index in [1.165, 1.54) is 128 Å². The number of hydrogen-bond donors (Lipinski definition) is 0. The summed E-state index contributed by atoms with van der Waals surface area (Å²) in [4.78, 5) is 25.4. The Morgan fingerprint density at radius 3 is 1.18 bits per heavy atom. The minimum atomic E-state index is -0.551. The van der Waals surface area contributed by atoms with E-state index in [9.17, 15) is 9.59 Å². The van der Waals surface area contributed by atoms with Gasteiger partial charge in [0, 0.05) is 19.4 Å². The Balaban J connectivity index is 4.28. The minimum Gasteiger partial charge on any atom is -0.462 e. The van der Waals surface area contributed by atoms with Gasteiger partial charge in [-0.25, -0.2) is 0 Å². The largest absolute Gasteiger partial charge is 0.462 e. The van der Waals surface area contributed by atoms with Gasteiger partial charge in [0.25, 0.3) is 0 Å². The first-order valence-corrected chi connectivity index (χ1v) is 26.5. The molecular formula is C57H100O5. The third-order valence-corrected chi connectivity index (χ3v) is 11.2. The number of esters is 2. The molecule has 0 heterocycles. The Labute approximate surface area is 385 Å². The maximum Gasteiger partial charge on any atom is 0.306 e. The van der Waals surface area contributed by atoms with Crippen molar-refractivity contribution in [3.63, 3.8) is 0 Å². The van der Waals surface area contributed by atoms with Gasteiger partial charge in [0.1, 0.15) is 6.61 Å². The van der Waals surface area contributed by atoms with Gasteiger partial charge in [-0.3, -0.25) is 9.59 Å². The summed E-state index contributed by atoms with van der Waals surface area (Å²) >= 11 is 0. The van der Waals surface area contributed by atoms with Crippen LogP contribution in [0.1, 0.15) is 252 Å².